The van der Waals surface area contributed by atoms with Crippen LogP contribution in [-0.4, -0.2) is 83.2 Å². The molecule has 4 aromatic carbocycles. The zero-order valence-corrected chi connectivity index (χ0v) is 43.3. The van der Waals surface area contributed by atoms with E-state index in [1.807, 2.05) is 0 Å². The smallest absolute Gasteiger partial charge is 0.364 e. The topological polar surface area (TPSA) is 231 Å². The average molecular weight is 1090 g/mol. The minimum Gasteiger partial charge on any atom is -1.00 e. The fraction of sp³-hybridized carbons (Fsp3) is 0.286. The van der Waals surface area contributed by atoms with Crippen molar-refractivity contribution in [2.45, 2.75) is 85.5 Å². The number of aromatic nitrogens is 2. The van der Waals surface area contributed by atoms with Crippen LogP contribution in [0.4, 0.5) is 17.6 Å². The summed E-state index contributed by atoms with van der Waals surface area (Å²) in [5, 5.41) is 8.79. The van der Waals surface area contributed by atoms with Gasteiger partial charge in [0.1, 0.15) is 35.5 Å². The number of quaternary nitrogens is 1. The van der Waals surface area contributed by atoms with Crippen molar-refractivity contribution in [1.82, 2.24) is 9.97 Å². The third kappa shape index (κ3) is 19.1. The van der Waals surface area contributed by atoms with E-state index >= 15 is 0 Å². The van der Waals surface area contributed by atoms with Gasteiger partial charge < -0.3 is 51.7 Å². The number of esters is 4. The van der Waals surface area contributed by atoms with Gasteiger partial charge in [-0.2, -0.15) is 0 Å². The largest absolute Gasteiger partial charge is 1.00 e. The maximum atomic E-state index is 13.5. The summed E-state index contributed by atoms with van der Waals surface area (Å²) >= 11 is 0. The van der Waals surface area contributed by atoms with Crippen LogP contribution in [0.2, 0.25) is 0 Å². The lowest BCUT2D eigenvalue weighted by molar-refractivity contribution is -0.403. The molecule has 4 N–H and O–H groups in total. The number of carboxylic acids is 1. The summed E-state index contributed by atoms with van der Waals surface area (Å²) in [5.41, 5.74) is 6.06. The summed E-state index contributed by atoms with van der Waals surface area (Å²) < 4.78 is 84.4. The quantitative estimate of drug-likeness (QED) is 0.0548. The normalized spacial score (nSPS) is 11.9. The van der Waals surface area contributed by atoms with Crippen LogP contribution in [0.1, 0.15) is 110 Å². The standard InChI is InChI=1S/C28H27F2NO6.C18H19F2NO2.C9H9NO5.CH4.ClH/c1-16(15-23(33)26-27(37-18(3)32)24(35-4)13-14-31-26)28(34)36-17(2)25(19-5-9-21(29)10-6-19)20-7-11-22(30)12-8-20;1-11(21)18(22)23-12(2)17(13-3-7-15(19)8-4-13)14-5-9-16(20)10-6-14;1-5(11)15-8-6(14-2)3-4-10-7(8)9(12)13;;/h5-14,16-17,25H,15H2,1-4H3;3-12,17H,21H2,1-2H3;3-4H,1-2H3,(H,12,13);1H4;1H/t16-,17+;11-,12-;;;/m10.../s1. The number of carbonyl (C=O) groups excluding carboxylic acids is 5. The lowest BCUT2D eigenvalue weighted by Crippen LogP contribution is -3.00. The molecule has 2 aromatic heterocycles. The number of ketones is 1. The lowest BCUT2D eigenvalue weighted by atomic mass is 9.87. The molecule has 0 unspecified atom stereocenters. The van der Waals surface area contributed by atoms with Crippen molar-refractivity contribution in [3.05, 3.63) is 178 Å². The summed E-state index contributed by atoms with van der Waals surface area (Å²) in [6.45, 7) is 8.96. The van der Waals surface area contributed by atoms with Crippen molar-refractivity contribution in [3.63, 3.8) is 0 Å². The molecule has 0 aliphatic rings. The molecule has 6 aromatic rings. The number of carboxylic acid groups (broad SMARTS) is 1. The number of ether oxygens (including phenoxy) is 6. The first-order valence-electron chi connectivity index (χ1n) is 23.0. The fourth-order valence-electron chi connectivity index (χ4n) is 7.36. The molecule has 412 valence electrons. The Labute approximate surface area is 449 Å². The van der Waals surface area contributed by atoms with E-state index in [-0.39, 0.29) is 78.2 Å². The van der Waals surface area contributed by atoms with Gasteiger partial charge in [0, 0.05) is 56.6 Å². The highest BCUT2D eigenvalue weighted by atomic mass is 35.5. The Morgan fingerprint density at radius 3 is 1.14 bits per heavy atom. The van der Waals surface area contributed by atoms with E-state index in [0.29, 0.717) is 11.1 Å². The molecule has 4 atom stereocenters. The third-order valence-electron chi connectivity index (χ3n) is 10.9. The molecule has 0 amide bonds. The number of carbonyl (C=O) groups is 6. The number of hydrogen-bond donors (Lipinski definition) is 2. The Morgan fingerprint density at radius 1 is 0.532 bits per heavy atom. The number of halogens is 5. The molecule has 6 rings (SSSR count). The second-order valence-corrected chi connectivity index (χ2v) is 16.7. The first-order chi connectivity index (χ1) is 35.5. The Hall–Kier alpha value is -8.23. The molecule has 2 heterocycles. The molecule has 0 bridgehead atoms. The highest BCUT2D eigenvalue weighted by molar-refractivity contribution is 6.00. The van der Waals surface area contributed by atoms with E-state index in [2.05, 4.69) is 15.7 Å². The molecule has 77 heavy (non-hydrogen) atoms. The maximum Gasteiger partial charge on any atom is 0.364 e. The lowest BCUT2D eigenvalue weighted by Gasteiger charge is -2.26. The van der Waals surface area contributed by atoms with Crippen molar-refractivity contribution in [1.29, 1.82) is 0 Å². The van der Waals surface area contributed by atoms with Gasteiger partial charge >= 0.3 is 29.8 Å². The van der Waals surface area contributed by atoms with E-state index in [9.17, 15) is 46.3 Å². The van der Waals surface area contributed by atoms with Gasteiger partial charge in [0.2, 0.25) is 11.5 Å². The molecule has 21 heteroatoms. The van der Waals surface area contributed by atoms with Gasteiger partial charge in [-0.1, -0.05) is 62.9 Å². The van der Waals surface area contributed by atoms with E-state index in [1.165, 1.54) is 101 Å². The minimum atomic E-state index is -1.29. The van der Waals surface area contributed by atoms with Crippen LogP contribution in [0.25, 0.3) is 0 Å². The molecule has 0 aliphatic heterocycles. The molecule has 16 nitrogen and oxygen atoms in total. The van der Waals surface area contributed by atoms with Crippen molar-refractivity contribution in [2.24, 2.45) is 5.92 Å². The summed E-state index contributed by atoms with van der Waals surface area (Å²) in [7, 11) is 2.70. The van der Waals surface area contributed by atoms with Gasteiger partial charge in [0.05, 0.1) is 20.1 Å². The molecule has 0 saturated carbocycles. The molecular weight excluding hydrogens is 1030 g/mol. The van der Waals surface area contributed by atoms with Gasteiger partial charge in [-0.05, 0) is 91.6 Å². The van der Waals surface area contributed by atoms with Crippen molar-refractivity contribution < 1.29 is 98.0 Å². The maximum absolute atomic E-state index is 13.5. The third-order valence-corrected chi connectivity index (χ3v) is 10.9. The van der Waals surface area contributed by atoms with Gasteiger partial charge in [-0.3, -0.25) is 19.2 Å². The molecule has 0 fully saturated rings. The Kier molecular flexibility index (Phi) is 26.1. The number of methoxy groups -OCH3 is 2. The summed E-state index contributed by atoms with van der Waals surface area (Å²) in [6, 6.07) is 25.8. The second kappa shape index (κ2) is 31.0. The van der Waals surface area contributed by atoms with Crippen LogP contribution < -0.4 is 37.1 Å². The summed E-state index contributed by atoms with van der Waals surface area (Å²) in [4.78, 5) is 78.4. The molecule has 0 spiro atoms. The van der Waals surface area contributed by atoms with Gasteiger partial charge in [-0.25, -0.2) is 37.1 Å². The first kappa shape index (κ1) is 64.9. The summed E-state index contributed by atoms with van der Waals surface area (Å²) in [6.07, 6.45) is 1.10. The SMILES string of the molecule is C.COc1ccnc(C(=O)C[C@@H](C)C(=O)O[C@@H](C)C(c2ccc(F)cc2)c2ccc(F)cc2)c1OC(C)=O.COc1ccnc(C(=O)O)c1OC(C)=O.C[C@H]([NH3+])C(=O)O[C@@H](C)C(c1ccc(F)cc1)c1ccc(F)cc1.[Cl-]. The number of pyridine rings is 2. The highest BCUT2D eigenvalue weighted by Gasteiger charge is 2.31. The zero-order chi connectivity index (χ0) is 55.5. The zero-order valence-electron chi connectivity index (χ0n) is 42.6. The van der Waals surface area contributed by atoms with E-state index < -0.39 is 77.3 Å². The molecule has 0 saturated heterocycles. The molecule has 0 radical (unpaired) electrons. The van der Waals surface area contributed by atoms with Gasteiger partial charge in [0.15, 0.2) is 34.7 Å². The van der Waals surface area contributed by atoms with Crippen LogP contribution in [0, 0.1) is 29.2 Å². The minimum absolute atomic E-state index is 0. The van der Waals surface area contributed by atoms with E-state index in [1.54, 1.807) is 69.3 Å². The van der Waals surface area contributed by atoms with Crippen molar-refractivity contribution >= 4 is 35.6 Å². The highest BCUT2D eigenvalue weighted by Crippen LogP contribution is 2.34. The van der Waals surface area contributed by atoms with Crippen molar-refractivity contribution in [3.8, 4) is 23.0 Å². The van der Waals surface area contributed by atoms with Gasteiger partial charge in [0.25, 0.3) is 0 Å². The molecular formula is C56H60ClF4N3O13. The number of benzene rings is 4. The predicted octanol–water partition coefficient (Wildman–Crippen LogP) is 6.28. The van der Waals surface area contributed by atoms with E-state index in [0.717, 1.165) is 18.1 Å². The fourth-order valence-corrected chi connectivity index (χ4v) is 7.36. The average Bonchev–Trinajstić information content (AvgIpc) is 3.36. The Morgan fingerprint density at radius 2 is 0.844 bits per heavy atom. The van der Waals surface area contributed by atoms with Crippen LogP contribution in [0.3, 0.4) is 0 Å². The first-order valence-corrected chi connectivity index (χ1v) is 23.0. The van der Waals surface area contributed by atoms with Gasteiger partial charge in [-0.15, -0.1) is 0 Å². The van der Waals surface area contributed by atoms with Crippen LogP contribution in [0.5, 0.6) is 23.0 Å². The summed E-state index contributed by atoms with van der Waals surface area (Å²) in [5.74, 6) is -7.40. The van der Waals surface area contributed by atoms with Crippen LogP contribution in [-0.2, 0) is 28.7 Å². The number of rotatable bonds is 18. The number of Topliss-reactive ketones (excluding diaryl/α,β-unsaturated/α-hetero) is 1. The van der Waals surface area contributed by atoms with E-state index in [4.69, 9.17) is 33.5 Å². The predicted molar refractivity (Wildman–Crippen MR) is 269 cm³/mol. The molecule has 0 aliphatic carbocycles. The number of nitrogens with zero attached hydrogens (tertiary/aromatic N) is 2. The Balaban J connectivity index is 0.000000432. The second-order valence-electron chi connectivity index (χ2n) is 16.7. The van der Waals surface area contributed by atoms with Crippen LogP contribution >= 0.6 is 0 Å². The monoisotopic (exact) mass is 1090 g/mol. The Bertz CT molecular complexity index is 2820. The van der Waals surface area contributed by atoms with Crippen LogP contribution in [0.15, 0.2) is 122 Å². The number of hydrogen-bond acceptors (Lipinski definition) is 14. The number of aromatic carboxylic acids is 1. The van der Waals surface area contributed by atoms with Crippen molar-refractivity contribution in [2.75, 3.05) is 14.2 Å².